The summed E-state index contributed by atoms with van der Waals surface area (Å²) in [4.78, 5) is 16.6. The minimum Gasteiger partial charge on any atom is -0.496 e. The number of rotatable bonds is 6. The molecule has 3 rings (SSSR count). The third-order valence-corrected chi connectivity index (χ3v) is 4.35. The van der Waals surface area contributed by atoms with Crippen molar-refractivity contribution >= 4 is 17.8 Å². The van der Waals surface area contributed by atoms with Gasteiger partial charge in [0.05, 0.1) is 14.2 Å². The molecule has 0 aliphatic carbocycles. The molecule has 0 saturated carbocycles. The second-order valence-corrected chi connectivity index (χ2v) is 6.23. The summed E-state index contributed by atoms with van der Waals surface area (Å²) in [6.07, 6.45) is 2.90. The van der Waals surface area contributed by atoms with E-state index in [2.05, 4.69) is 10.3 Å². The van der Waals surface area contributed by atoms with Crippen molar-refractivity contribution in [3.8, 4) is 11.5 Å². The Hall–Kier alpha value is -3.15. The lowest BCUT2D eigenvalue weighted by molar-refractivity contribution is -0.115. The van der Waals surface area contributed by atoms with Crippen LogP contribution in [0.5, 0.6) is 11.5 Å². The molecule has 0 unspecified atom stereocenters. The Bertz CT molecular complexity index is 918. The van der Waals surface area contributed by atoms with Crippen LogP contribution in [0.15, 0.2) is 47.1 Å². The topological polar surface area (TPSA) is 59.9 Å². The molecule has 0 saturated heterocycles. The SMILES string of the molecule is COc1cc(/C=C2/N=C(CCc3ccc(F)cc3)NC2=O)c(OC)cc1C. The van der Waals surface area contributed by atoms with Crippen LogP contribution >= 0.6 is 0 Å². The third kappa shape index (κ3) is 4.34. The minimum absolute atomic E-state index is 0.259. The Morgan fingerprint density at radius 2 is 1.78 bits per heavy atom. The smallest absolute Gasteiger partial charge is 0.275 e. The molecule has 6 heteroatoms. The standard InChI is InChI=1S/C21H21FN2O3/c1-13-10-19(27-3)15(12-18(13)26-2)11-17-21(25)24-20(23-17)9-6-14-4-7-16(22)8-5-14/h4-5,7-8,10-12H,6,9H2,1-3H3,(H,23,24,25)/b17-11+. The first-order valence-corrected chi connectivity index (χ1v) is 8.58. The number of hydrogen-bond donors (Lipinski definition) is 1. The number of aliphatic imine (C=N–C) groups is 1. The summed E-state index contributed by atoms with van der Waals surface area (Å²) in [5, 5.41) is 2.78. The van der Waals surface area contributed by atoms with E-state index in [0.717, 1.165) is 11.1 Å². The van der Waals surface area contributed by atoms with Crippen LogP contribution in [-0.4, -0.2) is 26.0 Å². The summed E-state index contributed by atoms with van der Waals surface area (Å²) in [5.41, 5.74) is 2.95. The molecule has 2 aromatic rings. The normalized spacial score (nSPS) is 14.9. The maximum Gasteiger partial charge on any atom is 0.275 e. The molecule has 1 aliphatic heterocycles. The monoisotopic (exact) mass is 368 g/mol. The molecule has 0 atom stereocenters. The molecule has 27 heavy (non-hydrogen) atoms. The summed E-state index contributed by atoms with van der Waals surface area (Å²) in [6.45, 7) is 1.92. The summed E-state index contributed by atoms with van der Waals surface area (Å²) >= 11 is 0. The van der Waals surface area contributed by atoms with Crippen LogP contribution < -0.4 is 14.8 Å². The number of carbonyl (C=O) groups excluding carboxylic acids is 1. The van der Waals surface area contributed by atoms with Crippen LogP contribution in [0.2, 0.25) is 0 Å². The Labute approximate surface area is 157 Å². The Morgan fingerprint density at radius 3 is 2.44 bits per heavy atom. The van der Waals surface area contributed by atoms with E-state index in [1.807, 2.05) is 19.1 Å². The van der Waals surface area contributed by atoms with Gasteiger partial charge in [-0.2, -0.15) is 0 Å². The molecule has 0 radical (unpaired) electrons. The van der Waals surface area contributed by atoms with E-state index in [1.165, 1.54) is 12.1 Å². The number of halogens is 1. The lowest BCUT2D eigenvalue weighted by Gasteiger charge is -2.10. The van der Waals surface area contributed by atoms with Gasteiger partial charge < -0.3 is 14.8 Å². The van der Waals surface area contributed by atoms with Crippen molar-refractivity contribution in [2.75, 3.05) is 14.2 Å². The molecule has 140 valence electrons. The number of benzene rings is 2. The molecule has 0 aromatic heterocycles. The zero-order valence-electron chi connectivity index (χ0n) is 15.5. The lowest BCUT2D eigenvalue weighted by atomic mass is 10.1. The van der Waals surface area contributed by atoms with Crippen molar-refractivity contribution in [3.63, 3.8) is 0 Å². The second-order valence-electron chi connectivity index (χ2n) is 6.23. The lowest BCUT2D eigenvalue weighted by Crippen LogP contribution is -2.24. The molecule has 0 fully saturated rings. The van der Waals surface area contributed by atoms with E-state index < -0.39 is 0 Å². The van der Waals surface area contributed by atoms with E-state index in [9.17, 15) is 9.18 Å². The van der Waals surface area contributed by atoms with Crippen molar-refractivity contribution in [1.29, 1.82) is 0 Å². The minimum atomic E-state index is -0.266. The first kappa shape index (κ1) is 18.6. The van der Waals surface area contributed by atoms with Gasteiger partial charge in [-0.05, 0) is 54.8 Å². The van der Waals surface area contributed by atoms with Crippen molar-refractivity contribution < 1.29 is 18.7 Å². The first-order chi connectivity index (χ1) is 13.0. The van der Waals surface area contributed by atoms with Crippen LogP contribution in [0.25, 0.3) is 6.08 Å². The highest BCUT2D eigenvalue weighted by atomic mass is 19.1. The van der Waals surface area contributed by atoms with E-state index in [1.54, 1.807) is 32.4 Å². The highest BCUT2D eigenvalue weighted by molar-refractivity contribution is 6.14. The molecule has 1 heterocycles. The first-order valence-electron chi connectivity index (χ1n) is 8.58. The molecule has 0 spiro atoms. The summed E-state index contributed by atoms with van der Waals surface area (Å²) < 4.78 is 23.7. The molecular formula is C21H21FN2O3. The number of methoxy groups -OCH3 is 2. The average molecular weight is 368 g/mol. The van der Waals surface area contributed by atoms with Crippen molar-refractivity contribution in [2.45, 2.75) is 19.8 Å². The van der Waals surface area contributed by atoms with Crippen LogP contribution in [0.4, 0.5) is 4.39 Å². The van der Waals surface area contributed by atoms with Gasteiger partial charge in [0.25, 0.3) is 5.91 Å². The van der Waals surface area contributed by atoms with Gasteiger partial charge in [0, 0.05) is 12.0 Å². The van der Waals surface area contributed by atoms with Crippen molar-refractivity contribution in [1.82, 2.24) is 5.32 Å². The van der Waals surface area contributed by atoms with Gasteiger partial charge in [0.15, 0.2) is 0 Å². The molecule has 5 nitrogen and oxygen atoms in total. The van der Waals surface area contributed by atoms with Gasteiger partial charge in [-0.15, -0.1) is 0 Å². The maximum atomic E-state index is 13.0. The highest BCUT2D eigenvalue weighted by Crippen LogP contribution is 2.30. The summed E-state index contributed by atoms with van der Waals surface area (Å²) in [6, 6.07) is 9.98. The van der Waals surface area contributed by atoms with Crippen molar-refractivity contribution in [2.24, 2.45) is 4.99 Å². The van der Waals surface area contributed by atoms with Gasteiger partial charge >= 0.3 is 0 Å². The quantitative estimate of drug-likeness (QED) is 0.792. The number of nitrogens with one attached hydrogen (secondary N) is 1. The summed E-state index contributed by atoms with van der Waals surface area (Å²) in [5.74, 6) is 1.42. The number of ether oxygens (including phenoxy) is 2. The van der Waals surface area contributed by atoms with Crippen LogP contribution in [0.3, 0.4) is 0 Å². The summed E-state index contributed by atoms with van der Waals surface area (Å²) in [7, 11) is 3.18. The Morgan fingerprint density at radius 1 is 1.07 bits per heavy atom. The van der Waals surface area contributed by atoms with Gasteiger partial charge in [-0.25, -0.2) is 9.38 Å². The Kier molecular flexibility index (Phi) is 5.54. The molecule has 2 aromatic carbocycles. The van der Waals surface area contributed by atoms with E-state index in [-0.39, 0.29) is 11.7 Å². The number of hydrogen-bond acceptors (Lipinski definition) is 4. The fraction of sp³-hybridized carbons (Fsp3) is 0.238. The largest absolute Gasteiger partial charge is 0.496 e. The van der Waals surface area contributed by atoms with E-state index >= 15 is 0 Å². The molecule has 1 amide bonds. The third-order valence-electron chi connectivity index (χ3n) is 4.35. The number of carbonyl (C=O) groups is 1. The zero-order chi connectivity index (χ0) is 19.4. The van der Waals surface area contributed by atoms with Crippen LogP contribution in [0, 0.1) is 12.7 Å². The molecule has 0 bridgehead atoms. The fourth-order valence-electron chi connectivity index (χ4n) is 2.88. The maximum absolute atomic E-state index is 13.0. The second kappa shape index (κ2) is 8.03. The van der Waals surface area contributed by atoms with Crippen LogP contribution in [0.1, 0.15) is 23.1 Å². The predicted octanol–water partition coefficient (Wildman–Crippen LogP) is 3.65. The number of nitrogens with zero attached hydrogens (tertiary/aromatic N) is 1. The van der Waals surface area contributed by atoms with Crippen molar-refractivity contribution in [3.05, 3.63) is 64.6 Å². The fourth-order valence-corrected chi connectivity index (χ4v) is 2.88. The van der Waals surface area contributed by atoms with Crippen LogP contribution in [-0.2, 0) is 11.2 Å². The average Bonchev–Trinajstić information content (AvgIpc) is 3.01. The van der Waals surface area contributed by atoms with E-state index in [4.69, 9.17) is 9.47 Å². The number of aryl methyl sites for hydroxylation is 2. The number of amides is 1. The van der Waals surface area contributed by atoms with Gasteiger partial charge in [0.2, 0.25) is 0 Å². The predicted molar refractivity (Wildman–Crippen MR) is 103 cm³/mol. The number of amidine groups is 1. The van der Waals surface area contributed by atoms with Gasteiger partial charge in [-0.3, -0.25) is 4.79 Å². The van der Waals surface area contributed by atoms with E-state index in [0.29, 0.717) is 41.4 Å². The molecular weight excluding hydrogens is 347 g/mol. The highest BCUT2D eigenvalue weighted by Gasteiger charge is 2.20. The van der Waals surface area contributed by atoms with Gasteiger partial charge in [0.1, 0.15) is 28.8 Å². The molecule has 1 aliphatic rings. The molecule has 1 N–H and O–H groups in total. The zero-order valence-corrected chi connectivity index (χ0v) is 15.5. The van der Waals surface area contributed by atoms with Gasteiger partial charge in [-0.1, -0.05) is 12.1 Å². The Balaban J connectivity index is 1.80.